The molecule has 2 heterocycles. The van der Waals surface area contributed by atoms with Gasteiger partial charge < -0.3 is 19.9 Å². The molecule has 0 unspecified atom stereocenters. The molecule has 8 heteroatoms. The molecule has 1 saturated heterocycles. The fraction of sp³-hybridized carbons (Fsp3) is 0.607. The monoisotopic (exact) mass is 492 g/mol. The van der Waals surface area contributed by atoms with Gasteiger partial charge in [-0.3, -0.25) is 9.88 Å². The first-order valence-electron chi connectivity index (χ1n) is 13.4. The molecule has 1 spiro atoms. The predicted octanol–water partition coefficient (Wildman–Crippen LogP) is 4.20. The van der Waals surface area contributed by atoms with Gasteiger partial charge in [-0.15, -0.1) is 0 Å². The molecule has 3 aliphatic rings. The summed E-state index contributed by atoms with van der Waals surface area (Å²) >= 11 is 0. The van der Waals surface area contributed by atoms with Crippen molar-refractivity contribution in [2.24, 2.45) is 5.92 Å². The van der Waals surface area contributed by atoms with Crippen molar-refractivity contribution in [1.29, 1.82) is 0 Å². The van der Waals surface area contributed by atoms with Crippen LogP contribution in [-0.2, 0) is 5.54 Å². The Bertz CT molecular complexity index is 1030. The van der Waals surface area contributed by atoms with E-state index in [0.717, 1.165) is 38.8 Å². The first-order chi connectivity index (χ1) is 17.5. The summed E-state index contributed by atoms with van der Waals surface area (Å²) in [5, 5.41) is 3.31. The van der Waals surface area contributed by atoms with E-state index >= 15 is 0 Å². The molecule has 2 saturated carbocycles. The van der Waals surface area contributed by atoms with Crippen LogP contribution in [0.15, 0.2) is 42.7 Å². The van der Waals surface area contributed by atoms with Crippen molar-refractivity contribution in [2.45, 2.75) is 56.0 Å². The van der Waals surface area contributed by atoms with Crippen molar-refractivity contribution in [2.75, 3.05) is 52.7 Å². The number of hydrogen-bond donors (Lipinski definition) is 1. The van der Waals surface area contributed by atoms with E-state index in [4.69, 9.17) is 4.74 Å². The van der Waals surface area contributed by atoms with E-state index < -0.39 is 0 Å². The largest absolute Gasteiger partial charge is 0.480 e. The number of nitrogens with zero attached hydrogens (tertiary/aromatic N) is 5. The number of ether oxygens (including phenoxy) is 1. The summed E-state index contributed by atoms with van der Waals surface area (Å²) in [7, 11) is 5.99. The summed E-state index contributed by atoms with van der Waals surface area (Å²) in [4.78, 5) is 29.0. The van der Waals surface area contributed by atoms with E-state index in [-0.39, 0.29) is 17.1 Å². The van der Waals surface area contributed by atoms with Crippen molar-refractivity contribution in [3.63, 3.8) is 0 Å². The van der Waals surface area contributed by atoms with Crippen molar-refractivity contribution in [3.05, 3.63) is 48.3 Å². The molecule has 0 bridgehead atoms. The quantitative estimate of drug-likeness (QED) is 0.566. The number of amides is 2. The van der Waals surface area contributed by atoms with Crippen LogP contribution < -0.4 is 10.1 Å². The Morgan fingerprint density at radius 1 is 1.11 bits per heavy atom. The van der Waals surface area contributed by atoms with Gasteiger partial charge in [0.15, 0.2) is 0 Å². The fourth-order valence-corrected chi connectivity index (χ4v) is 6.41. The molecule has 8 nitrogen and oxygen atoms in total. The molecule has 2 aromatic rings. The molecule has 5 rings (SSSR count). The second-order valence-electron chi connectivity index (χ2n) is 11.0. The van der Waals surface area contributed by atoms with Crippen LogP contribution in [0.4, 0.5) is 10.6 Å². The molecule has 0 radical (unpaired) electrons. The second-order valence-corrected chi connectivity index (χ2v) is 11.0. The highest BCUT2D eigenvalue weighted by atomic mass is 16.5. The van der Waals surface area contributed by atoms with Gasteiger partial charge in [0.25, 0.3) is 0 Å². The average molecular weight is 493 g/mol. The normalized spacial score (nSPS) is 26.5. The third kappa shape index (κ3) is 4.63. The molecule has 36 heavy (non-hydrogen) atoms. The zero-order chi connectivity index (χ0) is 25.2. The number of urea groups is 1. The van der Waals surface area contributed by atoms with Gasteiger partial charge in [0, 0.05) is 31.7 Å². The molecular weight excluding hydrogens is 452 g/mol. The highest BCUT2D eigenvalue weighted by Crippen LogP contribution is 2.49. The molecular formula is C28H40N6O2. The topological polar surface area (TPSA) is 73.8 Å². The summed E-state index contributed by atoms with van der Waals surface area (Å²) in [5.74, 6) is 1.80. The molecule has 194 valence electrons. The summed E-state index contributed by atoms with van der Waals surface area (Å²) in [5.41, 5.74) is 1.34. The van der Waals surface area contributed by atoms with Crippen molar-refractivity contribution < 1.29 is 9.53 Å². The van der Waals surface area contributed by atoms with E-state index in [9.17, 15) is 4.79 Å². The lowest BCUT2D eigenvalue weighted by Gasteiger charge is -2.51. The highest BCUT2D eigenvalue weighted by molar-refractivity contribution is 5.78. The highest BCUT2D eigenvalue weighted by Gasteiger charge is 2.54. The minimum Gasteiger partial charge on any atom is -0.480 e. The lowest BCUT2D eigenvalue weighted by Crippen LogP contribution is -2.56. The van der Waals surface area contributed by atoms with E-state index in [1.807, 2.05) is 0 Å². The number of aromatic nitrogens is 2. The maximum absolute atomic E-state index is 13.7. The van der Waals surface area contributed by atoms with E-state index in [0.29, 0.717) is 30.7 Å². The number of benzene rings is 1. The Morgan fingerprint density at radius 3 is 2.50 bits per heavy atom. The summed E-state index contributed by atoms with van der Waals surface area (Å²) in [6, 6.07) is 11.1. The third-order valence-electron chi connectivity index (χ3n) is 8.91. The Kier molecular flexibility index (Phi) is 7.06. The maximum Gasteiger partial charge on any atom is 0.320 e. The van der Waals surface area contributed by atoms with Gasteiger partial charge in [0.1, 0.15) is 5.82 Å². The van der Waals surface area contributed by atoms with Gasteiger partial charge in [0.2, 0.25) is 5.88 Å². The lowest BCUT2D eigenvalue weighted by molar-refractivity contribution is 0.0160. The van der Waals surface area contributed by atoms with Crippen LogP contribution in [0.1, 0.15) is 50.5 Å². The standard InChI is InChI=1S/C28H40N6O2/c1-32(2)28(23-10-5-4-6-11-23)14-12-27(13-15-28)21-33(26(35)34(27)20-22-8-7-9-22)17-16-30-24-18-29-19-25(31-24)36-3/h4-6,10-11,18-19,22H,7-9,12-17,20-21H2,1-3H3,(H,30,31)/t27-,28+. The number of hydrogen-bond acceptors (Lipinski definition) is 6. The van der Waals surface area contributed by atoms with E-state index in [2.05, 4.69) is 74.4 Å². The van der Waals surface area contributed by atoms with Crippen LogP contribution in [0.25, 0.3) is 0 Å². The lowest BCUT2D eigenvalue weighted by atomic mass is 9.68. The van der Waals surface area contributed by atoms with Crippen LogP contribution >= 0.6 is 0 Å². The van der Waals surface area contributed by atoms with Gasteiger partial charge in [-0.2, -0.15) is 4.98 Å². The molecule has 1 N–H and O–H groups in total. The molecule has 2 amide bonds. The zero-order valence-corrected chi connectivity index (χ0v) is 21.9. The number of anilines is 1. The molecule has 3 fully saturated rings. The Balaban J connectivity index is 1.30. The Morgan fingerprint density at radius 2 is 1.86 bits per heavy atom. The molecule has 1 aliphatic heterocycles. The first-order valence-corrected chi connectivity index (χ1v) is 13.4. The fourth-order valence-electron chi connectivity index (χ4n) is 6.41. The minimum absolute atomic E-state index is 0.0255. The van der Waals surface area contributed by atoms with Crippen LogP contribution in [-0.4, -0.2) is 83.6 Å². The summed E-state index contributed by atoms with van der Waals surface area (Å²) < 4.78 is 5.17. The van der Waals surface area contributed by atoms with Gasteiger partial charge in [-0.1, -0.05) is 36.8 Å². The van der Waals surface area contributed by atoms with Gasteiger partial charge in [-0.25, -0.2) is 4.79 Å². The number of nitrogens with one attached hydrogen (secondary N) is 1. The number of carbonyl (C=O) groups excluding carboxylic acids is 1. The number of methoxy groups -OCH3 is 1. The zero-order valence-electron chi connectivity index (χ0n) is 21.9. The van der Waals surface area contributed by atoms with E-state index in [1.54, 1.807) is 19.5 Å². The van der Waals surface area contributed by atoms with E-state index in [1.165, 1.54) is 24.8 Å². The summed E-state index contributed by atoms with van der Waals surface area (Å²) in [6.07, 6.45) is 11.3. The van der Waals surface area contributed by atoms with Gasteiger partial charge in [-0.05, 0) is 64.1 Å². The van der Waals surface area contributed by atoms with Crippen molar-refractivity contribution in [3.8, 4) is 5.88 Å². The number of carbonyl (C=O) groups is 1. The van der Waals surface area contributed by atoms with Gasteiger partial charge >= 0.3 is 6.03 Å². The molecule has 1 aromatic carbocycles. The SMILES string of the molecule is COc1cncc(NCCN2C[C@]3(CC[C@](c4ccccc4)(N(C)C)CC3)N(CC3CCC3)C2=O)n1. The molecule has 1 aromatic heterocycles. The Hall–Kier alpha value is -2.87. The second kappa shape index (κ2) is 10.2. The number of rotatable bonds is 9. The molecule has 0 atom stereocenters. The predicted molar refractivity (Wildman–Crippen MR) is 141 cm³/mol. The van der Waals surface area contributed by atoms with Crippen molar-refractivity contribution in [1.82, 2.24) is 24.7 Å². The van der Waals surface area contributed by atoms with Gasteiger partial charge in [0.05, 0.1) is 25.0 Å². The average Bonchev–Trinajstić information content (AvgIpc) is 3.12. The first kappa shape index (κ1) is 24.8. The van der Waals surface area contributed by atoms with Crippen LogP contribution in [0.5, 0.6) is 5.88 Å². The Labute approximate surface area is 215 Å². The minimum atomic E-state index is -0.0727. The smallest absolute Gasteiger partial charge is 0.320 e. The summed E-state index contributed by atoms with van der Waals surface area (Å²) in [6.45, 7) is 3.00. The maximum atomic E-state index is 13.7. The molecule has 2 aliphatic carbocycles. The van der Waals surface area contributed by atoms with Crippen LogP contribution in [0.3, 0.4) is 0 Å². The van der Waals surface area contributed by atoms with Crippen LogP contribution in [0, 0.1) is 5.92 Å². The van der Waals surface area contributed by atoms with Crippen LogP contribution in [0.2, 0.25) is 0 Å². The van der Waals surface area contributed by atoms with Crippen molar-refractivity contribution >= 4 is 11.8 Å². The third-order valence-corrected chi connectivity index (χ3v) is 8.91.